The second-order valence-corrected chi connectivity index (χ2v) is 6.58. The van der Waals surface area contributed by atoms with Crippen molar-refractivity contribution in [1.29, 1.82) is 0 Å². The smallest absolute Gasteiger partial charge is 0.347 e. The number of carbonyl (C=O) groups excluding carboxylic acids is 1. The summed E-state index contributed by atoms with van der Waals surface area (Å²) in [4.78, 5) is 36.8. The summed E-state index contributed by atoms with van der Waals surface area (Å²) in [5.74, 6) is -0.856. The number of hydrogen-bond acceptors (Lipinski definition) is 7. The van der Waals surface area contributed by atoms with Crippen LogP contribution >= 0.6 is 0 Å². The van der Waals surface area contributed by atoms with E-state index in [0.29, 0.717) is 11.0 Å². The van der Waals surface area contributed by atoms with Crippen LogP contribution in [0.5, 0.6) is 0 Å². The molecule has 0 bridgehead atoms. The largest absolute Gasteiger partial charge is 0.422 e. The average Bonchev–Trinajstić information content (AvgIpc) is 2.77. The van der Waals surface area contributed by atoms with Gasteiger partial charge in [-0.05, 0) is 44.2 Å². The minimum Gasteiger partial charge on any atom is -0.422 e. The fourth-order valence-electron chi connectivity index (χ4n) is 3.03. The van der Waals surface area contributed by atoms with Gasteiger partial charge in [0.2, 0.25) is 0 Å². The van der Waals surface area contributed by atoms with Gasteiger partial charge in [0.25, 0.3) is 11.6 Å². The number of nitrogens with zero attached hydrogens (tertiary/aromatic N) is 3. The number of fused-ring (bicyclic) bond motifs is 1. The van der Waals surface area contributed by atoms with Crippen LogP contribution < -0.4 is 21.7 Å². The maximum absolute atomic E-state index is 12.4. The van der Waals surface area contributed by atoms with Gasteiger partial charge in [0.1, 0.15) is 11.1 Å². The van der Waals surface area contributed by atoms with E-state index in [1.54, 1.807) is 12.1 Å². The van der Waals surface area contributed by atoms with Crippen molar-refractivity contribution >= 4 is 34.1 Å². The number of anilines is 1. The van der Waals surface area contributed by atoms with E-state index >= 15 is 0 Å². The molecule has 2 aromatic carbocycles. The highest BCUT2D eigenvalue weighted by molar-refractivity contribution is 6.01. The van der Waals surface area contributed by atoms with Crippen LogP contribution in [-0.2, 0) is 0 Å². The number of rotatable bonds is 7. The number of amides is 1. The molecule has 0 spiro atoms. The molecule has 3 rings (SSSR count). The highest BCUT2D eigenvalue weighted by atomic mass is 16.6. The van der Waals surface area contributed by atoms with Crippen LogP contribution in [0.2, 0.25) is 0 Å². The van der Waals surface area contributed by atoms with Gasteiger partial charge in [-0.1, -0.05) is 0 Å². The lowest BCUT2D eigenvalue weighted by Crippen LogP contribution is -2.27. The fourth-order valence-corrected chi connectivity index (χ4v) is 3.03. The molecule has 160 valence electrons. The van der Waals surface area contributed by atoms with Gasteiger partial charge in [-0.3, -0.25) is 14.9 Å². The number of non-ortho nitro benzene ring substituents is 1. The normalized spacial score (nSPS) is 11.4. The summed E-state index contributed by atoms with van der Waals surface area (Å²) in [6.45, 7) is 5.71. The van der Waals surface area contributed by atoms with Crippen LogP contribution in [0.25, 0.3) is 11.0 Å². The van der Waals surface area contributed by atoms with Crippen LogP contribution in [0.3, 0.4) is 0 Å². The van der Waals surface area contributed by atoms with Gasteiger partial charge in [0.15, 0.2) is 5.84 Å². The number of nitrogens with one attached hydrogen (secondary N) is 1. The van der Waals surface area contributed by atoms with Gasteiger partial charge < -0.3 is 15.1 Å². The first-order chi connectivity index (χ1) is 14.8. The maximum atomic E-state index is 12.4. The van der Waals surface area contributed by atoms with E-state index in [2.05, 4.69) is 15.4 Å². The molecule has 3 N–H and O–H groups in total. The number of nitrogens with two attached hydrogens (primary N) is 1. The average molecular weight is 423 g/mol. The first-order valence-corrected chi connectivity index (χ1v) is 9.55. The number of hydrazone groups is 1. The lowest BCUT2D eigenvalue weighted by atomic mass is 10.1. The Balaban J connectivity index is 1.83. The minimum absolute atomic E-state index is 0.00656. The molecule has 1 amide bonds. The van der Waals surface area contributed by atoms with Crippen molar-refractivity contribution in [2.75, 3.05) is 18.0 Å². The molecule has 10 heteroatoms. The van der Waals surface area contributed by atoms with Crippen molar-refractivity contribution in [3.63, 3.8) is 0 Å². The quantitative estimate of drug-likeness (QED) is 0.195. The molecule has 1 heterocycles. The third-order valence-electron chi connectivity index (χ3n) is 4.74. The van der Waals surface area contributed by atoms with Crippen molar-refractivity contribution in [1.82, 2.24) is 5.43 Å². The maximum Gasteiger partial charge on any atom is 0.347 e. The van der Waals surface area contributed by atoms with Crippen molar-refractivity contribution in [2.45, 2.75) is 13.8 Å². The lowest BCUT2D eigenvalue weighted by Gasteiger charge is -2.21. The minimum atomic E-state index is -0.685. The highest BCUT2D eigenvalue weighted by Gasteiger charge is 2.13. The van der Waals surface area contributed by atoms with E-state index < -0.39 is 16.5 Å². The summed E-state index contributed by atoms with van der Waals surface area (Å²) in [7, 11) is 0. The topological polar surface area (TPSA) is 144 Å². The summed E-state index contributed by atoms with van der Waals surface area (Å²) < 4.78 is 5.40. The van der Waals surface area contributed by atoms with E-state index in [-0.39, 0.29) is 22.6 Å². The van der Waals surface area contributed by atoms with Crippen molar-refractivity contribution in [2.24, 2.45) is 10.8 Å². The number of carbonyl (C=O) groups is 1. The summed E-state index contributed by atoms with van der Waals surface area (Å²) >= 11 is 0. The SMILES string of the molecule is CCN(CC)c1ccc2cc(/C(N)=N\NC(=O)c3ccc([N+](=O)[O-])cc3)c(=O)oc2c1. The molecule has 10 nitrogen and oxygen atoms in total. The number of nitro groups is 1. The van der Waals surface area contributed by atoms with Crippen molar-refractivity contribution in [3.8, 4) is 0 Å². The molecule has 0 saturated carbocycles. The van der Waals surface area contributed by atoms with Gasteiger partial charge >= 0.3 is 5.63 Å². The molecular formula is C21H21N5O5. The molecule has 0 unspecified atom stereocenters. The second kappa shape index (κ2) is 9.08. The number of benzene rings is 2. The number of hydrogen-bond donors (Lipinski definition) is 2. The number of amidine groups is 1. The molecular weight excluding hydrogens is 402 g/mol. The zero-order valence-corrected chi connectivity index (χ0v) is 17.0. The molecule has 0 fully saturated rings. The van der Waals surface area contributed by atoms with Crippen LogP contribution in [0.1, 0.15) is 29.8 Å². The Hall–Kier alpha value is -4.21. The molecule has 0 aliphatic heterocycles. The van der Waals surface area contributed by atoms with Gasteiger partial charge in [-0.2, -0.15) is 5.10 Å². The van der Waals surface area contributed by atoms with Crippen LogP contribution in [0.4, 0.5) is 11.4 Å². The molecule has 0 atom stereocenters. The van der Waals surface area contributed by atoms with Gasteiger partial charge in [0, 0.05) is 47.9 Å². The van der Waals surface area contributed by atoms with Crippen molar-refractivity contribution < 1.29 is 14.1 Å². The van der Waals surface area contributed by atoms with Crippen molar-refractivity contribution in [3.05, 3.63) is 80.2 Å². The highest BCUT2D eigenvalue weighted by Crippen LogP contribution is 2.22. The van der Waals surface area contributed by atoms with Crippen LogP contribution in [-0.4, -0.2) is 29.8 Å². The van der Waals surface area contributed by atoms with E-state index in [0.717, 1.165) is 18.8 Å². The second-order valence-electron chi connectivity index (χ2n) is 6.58. The predicted molar refractivity (Wildman–Crippen MR) is 117 cm³/mol. The Morgan fingerprint density at radius 3 is 2.45 bits per heavy atom. The van der Waals surface area contributed by atoms with E-state index in [9.17, 15) is 19.7 Å². The predicted octanol–water partition coefficient (Wildman–Crippen LogP) is 2.60. The Kier molecular flexibility index (Phi) is 6.29. The molecule has 1 aromatic heterocycles. The molecule has 0 aliphatic rings. The Morgan fingerprint density at radius 2 is 1.84 bits per heavy atom. The molecule has 0 radical (unpaired) electrons. The van der Waals surface area contributed by atoms with Crippen LogP contribution in [0, 0.1) is 10.1 Å². The molecule has 0 saturated heterocycles. The standard InChI is InChI=1S/C21H21N5O5/c1-3-25(4-2)16-10-7-14-11-17(21(28)31-18(14)12-16)19(22)23-24-20(27)13-5-8-15(9-6-13)26(29)30/h5-12H,3-4H2,1-2H3,(H2,22,23)(H,24,27). The Bertz CT molecular complexity index is 1210. The summed E-state index contributed by atoms with van der Waals surface area (Å²) in [5, 5.41) is 15.1. The summed E-state index contributed by atoms with van der Waals surface area (Å²) in [5.41, 5.74) is 8.79. The Labute approximate surface area is 177 Å². The zero-order valence-electron chi connectivity index (χ0n) is 17.0. The lowest BCUT2D eigenvalue weighted by molar-refractivity contribution is -0.384. The van der Waals surface area contributed by atoms with Gasteiger partial charge in [0.05, 0.1) is 4.92 Å². The summed E-state index contributed by atoms with van der Waals surface area (Å²) in [6.07, 6.45) is 0. The monoisotopic (exact) mass is 423 g/mol. The molecule has 3 aromatic rings. The molecule has 31 heavy (non-hydrogen) atoms. The first kappa shape index (κ1) is 21.5. The summed E-state index contributed by atoms with van der Waals surface area (Å²) in [6, 6.07) is 12.1. The Morgan fingerprint density at radius 1 is 1.16 bits per heavy atom. The number of nitro benzene ring substituents is 1. The van der Waals surface area contributed by atoms with E-state index in [4.69, 9.17) is 10.2 Å². The zero-order chi connectivity index (χ0) is 22.5. The third-order valence-corrected chi connectivity index (χ3v) is 4.74. The van der Waals surface area contributed by atoms with Gasteiger partial charge in [-0.15, -0.1) is 0 Å². The van der Waals surface area contributed by atoms with Gasteiger partial charge in [-0.25, -0.2) is 10.2 Å². The van der Waals surface area contributed by atoms with E-state index in [1.165, 1.54) is 24.3 Å². The molecule has 0 aliphatic carbocycles. The van der Waals surface area contributed by atoms with Crippen LogP contribution in [0.15, 0.2) is 62.8 Å². The van der Waals surface area contributed by atoms with E-state index in [1.807, 2.05) is 26.0 Å². The first-order valence-electron chi connectivity index (χ1n) is 9.55. The third kappa shape index (κ3) is 4.69. The fraction of sp³-hybridized carbons (Fsp3) is 0.190.